The maximum absolute atomic E-state index is 13.5. The molecule has 0 bridgehead atoms. The molecule has 0 spiro atoms. The highest BCUT2D eigenvalue weighted by molar-refractivity contribution is 5.72. The summed E-state index contributed by atoms with van der Waals surface area (Å²) in [6.45, 7) is 12.7. The first-order valence-electron chi connectivity index (χ1n) is 36.9. The molecular formula is C73H141N3O12. The molecule has 0 aromatic heterocycles. The van der Waals surface area contributed by atoms with E-state index in [1.807, 2.05) is 0 Å². The van der Waals surface area contributed by atoms with E-state index >= 15 is 0 Å². The van der Waals surface area contributed by atoms with Crippen molar-refractivity contribution >= 4 is 18.0 Å². The predicted octanol–water partition coefficient (Wildman–Crippen LogP) is 17.4. The van der Waals surface area contributed by atoms with E-state index in [9.17, 15) is 14.4 Å². The van der Waals surface area contributed by atoms with Crippen LogP contribution in [0.15, 0.2) is 24.3 Å². The number of methoxy groups -OCH3 is 1. The van der Waals surface area contributed by atoms with E-state index in [1.165, 1.54) is 238 Å². The summed E-state index contributed by atoms with van der Waals surface area (Å²) >= 11 is 0. The number of esters is 2. The van der Waals surface area contributed by atoms with Gasteiger partial charge in [-0.3, -0.25) is 9.59 Å². The molecule has 0 heterocycles. The summed E-state index contributed by atoms with van der Waals surface area (Å²) < 4.78 is 51.4. The van der Waals surface area contributed by atoms with Crippen LogP contribution < -0.4 is 16.0 Å². The monoisotopic (exact) mass is 1250 g/mol. The van der Waals surface area contributed by atoms with Crippen LogP contribution in [0.3, 0.4) is 0 Å². The first-order valence-corrected chi connectivity index (χ1v) is 36.9. The Balaban J connectivity index is 5.02. The van der Waals surface area contributed by atoms with E-state index in [4.69, 9.17) is 42.6 Å². The largest absolute Gasteiger partial charge is 0.463 e. The molecule has 0 saturated heterocycles. The lowest BCUT2D eigenvalue weighted by molar-refractivity contribution is -0.144. The van der Waals surface area contributed by atoms with Gasteiger partial charge in [-0.15, -0.1) is 0 Å². The average Bonchev–Trinajstić information content (AvgIpc) is 3.59. The Labute approximate surface area is 541 Å². The molecule has 88 heavy (non-hydrogen) atoms. The number of unbranched alkanes of at least 4 members (excludes halogenated alkanes) is 37. The maximum Gasteiger partial charge on any atom is 0.407 e. The quantitative estimate of drug-likeness (QED) is 0.0227. The Morgan fingerprint density at radius 2 is 0.705 bits per heavy atom. The molecule has 1 amide bonds. The molecule has 0 aromatic carbocycles. The van der Waals surface area contributed by atoms with Gasteiger partial charge in [-0.25, -0.2) is 4.79 Å². The Hall–Kier alpha value is -2.63. The highest BCUT2D eigenvalue weighted by atomic mass is 16.6. The third-order valence-corrected chi connectivity index (χ3v) is 15.9. The van der Waals surface area contributed by atoms with Crippen molar-refractivity contribution in [1.82, 2.24) is 16.0 Å². The number of ether oxygens (including phenoxy) is 9. The molecular weight excluding hydrogens is 1110 g/mol. The average molecular weight is 1250 g/mol. The van der Waals surface area contributed by atoms with Gasteiger partial charge in [0.25, 0.3) is 0 Å². The number of amides is 1. The number of nitrogens with one attached hydrogen (secondary N) is 3. The van der Waals surface area contributed by atoms with Crippen LogP contribution >= 0.6 is 0 Å². The second-order valence-electron chi connectivity index (χ2n) is 24.2. The number of alkyl carbamates (subject to hydrolysis) is 1. The fourth-order valence-corrected chi connectivity index (χ4v) is 10.4. The lowest BCUT2D eigenvalue weighted by Crippen LogP contribution is -2.41. The van der Waals surface area contributed by atoms with Gasteiger partial charge >= 0.3 is 18.0 Å². The lowest BCUT2D eigenvalue weighted by Gasteiger charge is -2.27. The molecule has 15 heteroatoms. The van der Waals surface area contributed by atoms with Crippen LogP contribution in [0.5, 0.6) is 0 Å². The predicted molar refractivity (Wildman–Crippen MR) is 365 cm³/mol. The maximum atomic E-state index is 13.5. The first-order chi connectivity index (χ1) is 43.5. The Morgan fingerprint density at radius 1 is 0.341 bits per heavy atom. The van der Waals surface area contributed by atoms with Gasteiger partial charge in [-0.2, -0.15) is 0 Å². The smallest absolute Gasteiger partial charge is 0.407 e. The summed E-state index contributed by atoms with van der Waals surface area (Å²) in [6, 6.07) is 0. The van der Waals surface area contributed by atoms with Gasteiger partial charge in [0, 0.05) is 40.0 Å². The summed E-state index contributed by atoms with van der Waals surface area (Å²) in [6.07, 6.45) is 62.9. The van der Waals surface area contributed by atoms with Crippen molar-refractivity contribution in [2.45, 2.75) is 309 Å². The number of hydrogen-bond acceptors (Lipinski definition) is 14. The van der Waals surface area contributed by atoms with Crippen LogP contribution in [-0.2, 0) is 52.2 Å². The topological polar surface area (TPSA) is 170 Å². The lowest BCUT2D eigenvalue weighted by atomic mass is 10.0. The number of rotatable bonds is 74. The van der Waals surface area contributed by atoms with Crippen LogP contribution in [0.4, 0.5) is 4.79 Å². The minimum Gasteiger partial charge on any atom is -0.463 e. The van der Waals surface area contributed by atoms with Gasteiger partial charge in [-0.05, 0) is 77.0 Å². The fraction of sp³-hybridized carbons (Fsp3) is 0.904. The highest BCUT2D eigenvalue weighted by Crippen LogP contribution is 2.20. The summed E-state index contributed by atoms with van der Waals surface area (Å²) in [5.41, 5.74) is 0. The van der Waals surface area contributed by atoms with E-state index < -0.39 is 18.2 Å². The van der Waals surface area contributed by atoms with Crippen molar-refractivity contribution in [2.24, 2.45) is 0 Å². The van der Waals surface area contributed by atoms with Crippen molar-refractivity contribution in [3.05, 3.63) is 24.3 Å². The highest BCUT2D eigenvalue weighted by Gasteiger charge is 2.26. The number of allylic oxidation sites excluding steroid dienone is 4. The molecule has 2 atom stereocenters. The normalized spacial score (nSPS) is 12.4. The van der Waals surface area contributed by atoms with Crippen molar-refractivity contribution < 1.29 is 57.0 Å². The zero-order valence-corrected chi connectivity index (χ0v) is 57.8. The number of carbonyl (C=O) groups is 3. The van der Waals surface area contributed by atoms with Gasteiger partial charge < -0.3 is 58.6 Å². The zero-order valence-electron chi connectivity index (χ0n) is 57.8. The molecule has 2 unspecified atom stereocenters. The van der Waals surface area contributed by atoms with Gasteiger partial charge in [0.1, 0.15) is 25.4 Å². The first kappa shape index (κ1) is 85.4. The minimum absolute atomic E-state index is 0.00542. The Bertz CT molecular complexity index is 1480. The molecule has 15 nitrogen and oxygen atoms in total. The summed E-state index contributed by atoms with van der Waals surface area (Å²) in [5, 5.41) is 8.73. The molecule has 0 aliphatic carbocycles. The van der Waals surface area contributed by atoms with Crippen LogP contribution in [0.25, 0.3) is 0 Å². The zero-order chi connectivity index (χ0) is 63.6. The van der Waals surface area contributed by atoms with Gasteiger partial charge in [-0.1, -0.05) is 244 Å². The summed E-state index contributed by atoms with van der Waals surface area (Å²) in [5.74, 6) is -0.783. The van der Waals surface area contributed by atoms with Crippen LogP contribution in [0.2, 0.25) is 0 Å². The molecule has 0 aromatic rings. The van der Waals surface area contributed by atoms with E-state index in [0.717, 1.165) is 38.5 Å². The molecule has 3 N–H and O–H groups in total. The van der Waals surface area contributed by atoms with Gasteiger partial charge in [0.15, 0.2) is 0 Å². The Morgan fingerprint density at radius 3 is 1.15 bits per heavy atom. The minimum atomic E-state index is -0.450. The molecule has 520 valence electrons. The SMILES string of the molecule is CCCCCCCC/C=C\CCCCCCCCOCC(OCCCCCCCC/C=C\CCCCCCCC)C(CCCCCCCCCCCCCCCC)OC(=O)NCCOCCOCCOCCOC(=O)CNCCOC(=O)CNCCOC. The van der Waals surface area contributed by atoms with E-state index in [1.54, 1.807) is 7.11 Å². The molecule has 0 fully saturated rings. The molecule has 0 aliphatic heterocycles. The van der Waals surface area contributed by atoms with Gasteiger partial charge in [0.2, 0.25) is 0 Å². The third-order valence-electron chi connectivity index (χ3n) is 15.9. The van der Waals surface area contributed by atoms with E-state index in [2.05, 4.69) is 61.0 Å². The third kappa shape index (κ3) is 69.3. The molecule has 0 saturated carbocycles. The molecule has 0 aliphatic rings. The van der Waals surface area contributed by atoms with Gasteiger partial charge in [0.05, 0.1) is 65.9 Å². The van der Waals surface area contributed by atoms with E-state index in [0.29, 0.717) is 79.1 Å². The van der Waals surface area contributed by atoms with Crippen molar-refractivity contribution in [3.63, 3.8) is 0 Å². The van der Waals surface area contributed by atoms with Crippen LogP contribution in [0, 0.1) is 0 Å². The Kier molecular flexibility index (Phi) is 72.8. The van der Waals surface area contributed by atoms with Crippen molar-refractivity contribution in [1.29, 1.82) is 0 Å². The number of hydrogen-bond donors (Lipinski definition) is 3. The second-order valence-corrected chi connectivity index (χ2v) is 24.2. The summed E-state index contributed by atoms with van der Waals surface area (Å²) in [7, 11) is 1.60. The number of carbonyl (C=O) groups excluding carboxylic acids is 3. The standard InChI is InChI=1S/C73H141N3O12/c1-5-8-11-14-17-20-23-26-29-31-34-37-40-43-46-49-55-84-68-70(85-56-50-47-44-41-38-35-32-30-27-24-21-18-15-12-9-6-2)69(51-48-45-42-39-36-33-28-25-22-19-16-13-10-7-3)88-73(79)76-54-58-81-60-61-82-62-63-83-64-65-87-72(78)67-75-53-59-86-71(77)66-74-52-57-80-4/h26-27,29-30,69-70,74-75H,5-25,28,31-68H2,1-4H3,(H,76,79)/b29-26-,30-27-. The second kappa shape index (κ2) is 75.1. The fourth-order valence-electron chi connectivity index (χ4n) is 10.4. The molecule has 0 rings (SSSR count). The van der Waals surface area contributed by atoms with Crippen molar-refractivity contribution in [2.75, 3.05) is 119 Å². The molecule has 0 radical (unpaired) electrons. The van der Waals surface area contributed by atoms with Crippen LogP contribution in [-0.4, -0.2) is 149 Å². The van der Waals surface area contributed by atoms with Crippen molar-refractivity contribution in [3.8, 4) is 0 Å². The van der Waals surface area contributed by atoms with Crippen LogP contribution in [0.1, 0.15) is 297 Å². The van der Waals surface area contributed by atoms with E-state index in [-0.39, 0.29) is 45.0 Å². The summed E-state index contributed by atoms with van der Waals surface area (Å²) in [4.78, 5) is 37.1.